The Labute approximate surface area is 131 Å². The average molecular weight is 306 g/mol. The normalized spacial score (nSPS) is 17.8. The molecule has 1 fully saturated rings. The van der Waals surface area contributed by atoms with Crippen molar-refractivity contribution in [2.24, 2.45) is 0 Å². The lowest BCUT2D eigenvalue weighted by atomic mass is 9.85. The summed E-state index contributed by atoms with van der Waals surface area (Å²) in [5.74, 6) is 0.404. The molecule has 0 atom stereocenters. The molecule has 3 N–H and O–H groups in total. The molecule has 1 aromatic heterocycles. The zero-order valence-corrected chi connectivity index (χ0v) is 13.6. The van der Waals surface area contributed by atoms with Crippen molar-refractivity contribution in [2.75, 3.05) is 11.9 Å². The molecule has 1 heterocycles. The number of carbonyl (C=O) groups excluding carboxylic acids is 1. The van der Waals surface area contributed by atoms with Crippen molar-refractivity contribution in [1.82, 2.24) is 15.5 Å². The predicted molar refractivity (Wildman–Crippen MR) is 85.8 cm³/mol. The Morgan fingerprint density at radius 1 is 1.23 bits per heavy atom. The van der Waals surface area contributed by atoms with E-state index in [0.717, 1.165) is 37.8 Å². The fraction of sp³-hybridized carbons (Fsp3) is 0.688. The molecule has 1 aliphatic carbocycles. The van der Waals surface area contributed by atoms with Crippen molar-refractivity contribution in [2.45, 2.75) is 63.9 Å². The summed E-state index contributed by atoms with van der Waals surface area (Å²) in [5.41, 5.74) is 0.0325. The van der Waals surface area contributed by atoms with Gasteiger partial charge in [0.25, 0.3) is 0 Å². The average Bonchev–Trinajstić information content (AvgIpc) is 2.46. The summed E-state index contributed by atoms with van der Waals surface area (Å²) in [6.07, 6.45) is 4.67. The van der Waals surface area contributed by atoms with Gasteiger partial charge in [-0.15, -0.1) is 5.10 Å². The van der Waals surface area contributed by atoms with Gasteiger partial charge in [-0.2, -0.15) is 5.10 Å². The lowest BCUT2D eigenvalue weighted by Gasteiger charge is -2.32. The van der Waals surface area contributed by atoms with E-state index in [1.54, 1.807) is 6.07 Å². The highest BCUT2D eigenvalue weighted by molar-refractivity contribution is 5.88. The molecule has 0 aliphatic heterocycles. The number of hydrogen-bond acceptors (Lipinski definition) is 4. The number of rotatable bonds is 3. The van der Waals surface area contributed by atoms with Crippen LogP contribution in [0.3, 0.4) is 0 Å². The van der Waals surface area contributed by atoms with Gasteiger partial charge in [0.15, 0.2) is 5.82 Å². The van der Waals surface area contributed by atoms with Gasteiger partial charge in [-0.3, -0.25) is 5.32 Å². The predicted octanol–water partition coefficient (Wildman–Crippen LogP) is 2.59. The van der Waals surface area contributed by atoms with Crippen LogP contribution >= 0.6 is 0 Å². The van der Waals surface area contributed by atoms with Crippen LogP contribution in [0.1, 0.15) is 58.6 Å². The van der Waals surface area contributed by atoms with Crippen LogP contribution in [0.15, 0.2) is 12.1 Å². The summed E-state index contributed by atoms with van der Waals surface area (Å²) in [4.78, 5) is 11.9. The summed E-state index contributed by atoms with van der Waals surface area (Å²) < 4.78 is 0. The number of carbonyl (C=O) groups is 1. The fourth-order valence-electron chi connectivity index (χ4n) is 2.59. The molecule has 0 spiro atoms. The Morgan fingerprint density at radius 3 is 2.45 bits per heavy atom. The van der Waals surface area contributed by atoms with E-state index in [1.165, 1.54) is 0 Å². The second kappa shape index (κ2) is 6.60. The first-order chi connectivity index (χ1) is 10.3. The van der Waals surface area contributed by atoms with Crippen LogP contribution in [0, 0.1) is 0 Å². The van der Waals surface area contributed by atoms with Gasteiger partial charge in [0.2, 0.25) is 0 Å². The summed E-state index contributed by atoms with van der Waals surface area (Å²) in [5, 5.41) is 23.8. The second-order valence-electron chi connectivity index (χ2n) is 7.15. The zero-order valence-electron chi connectivity index (χ0n) is 13.6. The summed E-state index contributed by atoms with van der Waals surface area (Å²) in [7, 11) is 0. The number of anilines is 1. The van der Waals surface area contributed by atoms with Crippen molar-refractivity contribution in [3.8, 4) is 0 Å². The molecule has 0 bridgehead atoms. The van der Waals surface area contributed by atoms with E-state index < -0.39 is 5.60 Å². The van der Waals surface area contributed by atoms with Gasteiger partial charge in [0.1, 0.15) is 0 Å². The quantitative estimate of drug-likeness (QED) is 0.801. The van der Waals surface area contributed by atoms with Crippen molar-refractivity contribution in [3.05, 3.63) is 17.8 Å². The first kappa shape index (κ1) is 16.7. The second-order valence-corrected chi connectivity index (χ2v) is 7.15. The van der Waals surface area contributed by atoms with Crippen LogP contribution in [0.5, 0.6) is 0 Å². The number of aromatic nitrogens is 2. The maximum absolute atomic E-state index is 11.9. The van der Waals surface area contributed by atoms with Crippen LogP contribution in [0.2, 0.25) is 0 Å². The van der Waals surface area contributed by atoms with Crippen molar-refractivity contribution < 1.29 is 9.90 Å². The van der Waals surface area contributed by atoms with E-state index >= 15 is 0 Å². The third-order valence-corrected chi connectivity index (χ3v) is 4.04. The minimum atomic E-state index is -0.767. The number of nitrogens with zero attached hydrogens (tertiary/aromatic N) is 2. The number of hydrogen-bond donors (Lipinski definition) is 3. The number of nitrogens with one attached hydrogen (secondary N) is 2. The van der Waals surface area contributed by atoms with E-state index in [0.29, 0.717) is 5.82 Å². The minimum absolute atomic E-state index is 0.0714. The topological polar surface area (TPSA) is 87.1 Å². The third-order valence-electron chi connectivity index (χ3n) is 4.04. The van der Waals surface area contributed by atoms with E-state index in [9.17, 15) is 9.90 Å². The zero-order chi connectivity index (χ0) is 16.2. The van der Waals surface area contributed by atoms with Gasteiger partial charge in [-0.05, 0) is 25.0 Å². The Hall–Kier alpha value is -1.69. The van der Waals surface area contributed by atoms with Crippen molar-refractivity contribution in [1.29, 1.82) is 0 Å². The van der Waals surface area contributed by atoms with E-state index in [-0.39, 0.29) is 18.0 Å². The highest BCUT2D eigenvalue weighted by Crippen LogP contribution is 2.27. The van der Waals surface area contributed by atoms with Gasteiger partial charge < -0.3 is 10.4 Å². The third kappa shape index (κ3) is 4.66. The van der Waals surface area contributed by atoms with Gasteiger partial charge in [0.05, 0.1) is 11.3 Å². The van der Waals surface area contributed by atoms with Crippen LogP contribution in [0.25, 0.3) is 0 Å². The monoisotopic (exact) mass is 306 g/mol. The lowest BCUT2D eigenvalue weighted by Crippen LogP contribution is -2.45. The summed E-state index contributed by atoms with van der Waals surface area (Å²) >= 11 is 0. The van der Waals surface area contributed by atoms with Crippen LogP contribution in [-0.2, 0) is 5.41 Å². The molecule has 22 heavy (non-hydrogen) atoms. The molecule has 122 valence electrons. The molecule has 6 heteroatoms. The number of aliphatic hydroxyl groups is 1. The number of urea groups is 1. The molecule has 2 rings (SSSR count). The fourth-order valence-corrected chi connectivity index (χ4v) is 2.59. The number of amides is 2. The molecule has 2 amide bonds. The molecule has 1 saturated carbocycles. The van der Waals surface area contributed by atoms with Crippen LogP contribution in [-0.4, -0.2) is 33.5 Å². The Bertz CT molecular complexity index is 502. The van der Waals surface area contributed by atoms with Crippen LogP contribution in [0.4, 0.5) is 10.6 Å². The highest BCUT2D eigenvalue weighted by Gasteiger charge is 2.29. The van der Waals surface area contributed by atoms with Gasteiger partial charge in [-0.1, -0.05) is 40.0 Å². The smallest absolute Gasteiger partial charge is 0.320 e. The Kier molecular flexibility index (Phi) is 5.01. The van der Waals surface area contributed by atoms with Gasteiger partial charge >= 0.3 is 6.03 Å². The molecule has 6 nitrogen and oxygen atoms in total. The molecule has 1 aromatic rings. The molecule has 1 aliphatic rings. The van der Waals surface area contributed by atoms with Gasteiger partial charge in [0, 0.05) is 12.0 Å². The first-order valence-electron chi connectivity index (χ1n) is 7.90. The molecule has 0 aromatic carbocycles. The molecule has 0 radical (unpaired) electrons. The highest BCUT2D eigenvalue weighted by atomic mass is 16.3. The lowest BCUT2D eigenvalue weighted by molar-refractivity contribution is 0.00755. The Balaban J connectivity index is 1.84. The summed E-state index contributed by atoms with van der Waals surface area (Å²) in [6.45, 7) is 6.44. The van der Waals surface area contributed by atoms with E-state index in [1.807, 2.05) is 6.07 Å². The van der Waals surface area contributed by atoms with E-state index in [2.05, 4.69) is 41.6 Å². The van der Waals surface area contributed by atoms with E-state index in [4.69, 9.17) is 0 Å². The molecule has 0 saturated heterocycles. The molecule has 0 unspecified atom stereocenters. The standard InChI is InChI=1S/C16H26N4O2/c1-15(2,3)12-7-8-13(20-19-12)18-14(21)17-11-16(22)9-5-4-6-10-16/h7-8,22H,4-6,9-11H2,1-3H3,(H2,17,18,20,21). The van der Waals surface area contributed by atoms with Crippen molar-refractivity contribution >= 4 is 11.8 Å². The maximum atomic E-state index is 11.9. The van der Waals surface area contributed by atoms with Crippen molar-refractivity contribution in [3.63, 3.8) is 0 Å². The summed E-state index contributed by atoms with van der Waals surface area (Å²) in [6, 6.07) is 3.23. The molecular formula is C16H26N4O2. The van der Waals surface area contributed by atoms with Crippen LogP contribution < -0.4 is 10.6 Å². The minimum Gasteiger partial charge on any atom is -0.388 e. The SMILES string of the molecule is CC(C)(C)c1ccc(NC(=O)NCC2(O)CCCCC2)nn1. The Morgan fingerprint density at radius 2 is 1.91 bits per heavy atom. The largest absolute Gasteiger partial charge is 0.388 e. The molecular weight excluding hydrogens is 280 g/mol. The maximum Gasteiger partial charge on any atom is 0.320 e. The first-order valence-corrected chi connectivity index (χ1v) is 7.90. The van der Waals surface area contributed by atoms with Gasteiger partial charge in [-0.25, -0.2) is 4.79 Å².